The van der Waals surface area contributed by atoms with Crippen LogP contribution < -0.4 is 11.1 Å². The first kappa shape index (κ1) is 13.6. The molecule has 100 valence electrons. The van der Waals surface area contributed by atoms with Crippen molar-refractivity contribution in [1.29, 1.82) is 0 Å². The third kappa shape index (κ3) is 2.96. The molecule has 2 rings (SSSR count). The van der Waals surface area contributed by atoms with E-state index in [1.165, 1.54) is 16.2 Å². The number of carbonyl (C=O) groups excluding carboxylic acids is 1. The Kier molecular flexibility index (Phi) is 3.90. The first-order chi connectivity index (χ1) is 9.01. The van der Waals surface area contributed by atoms with Crippen molar-refractivity contribution >= 4 is 28.6 Å². The minimum Gasteiger partial charge on any atom is -0.397 e. The van der Waals surface area contributed by atoms with Gasteiger partial charge in [-0.3, -0.25) is 4.79 Å². The topological polar surface area (TPSA) is 55.1 Å². The van der Waals surface area contributed by atoms with Crippen molar-refractivity contribution in [3.8, 4) is 0 Å². The van der Waals surface area contributed by atoms with Gasteiger partial charge in [-0.15, -0.1) is 11.3 Å². The monoisotopic (exact) mass is 274 g/mol. The third-order valence-corrected chi connectivity index (χ3v) is 4.38. The van der Waals surface area contributed by atoms with Crippen molar-refractivity contribution in [2.75, 3.05) is 11.1 Å². The van der Waals surface area contributed by atoms with E-state index in [0.29, 0.717) is 11.4 Å². The highest BCUT2D eigenvalue weighted by Gasteiger charge is 2.11. The van der Waals surface area contributed by atoms with E-state index in [4.69, 9.17) is 5.73 Å². The number of nitrogen functional groups attached to an aromatic ring is 1. The number of anilines is 2. The van der Waals surface area contributed by atoms with Crippen LogP contribution in [0.5, 0.6) is 0 Å². The Bertz CT molecular complexity index is 617. The van der Waals surface area contributed by atoms with E-state index in [0.717, 1.165) is 22.4 Å². The Morgan fingerprint density at radius 3 is 2.58 bits per heavy atom. The zero-order valence-corrected chi connectivity index (χ0v) is 12.2. The standard InChI is InChI=1S/C15H18N2OS/c1-4-11-5-6-14(19-11)15(18)17-13-8-10(3)9(2)7-12(13)16/h5-8H,4,16H2,1-3H3,(H,17,18). The number of thiophene rings is 1. The molecule has 0 aliphatic rings. The Balaban J connectivity index is 2.21. The molecule has 0 saturated carbocycles. The van der Waals surface area contributed by atoms with E-state index in [2.05, 4.69) is 12.2 Å². The molecule has 19 heavy (non-hydrogen) atoms. The largest absolute Gasteiger partial charge is 0.397 e. The second kappa shape index (κ2) is 5.45. The molecule has 0 saturated heterocycles. The summed E-state index contributed by atoms with van der Waals surface area (Å²) >= 11 is 1.52. The third-order valence-electron chi connectivity index (χ3n) is 3.15. The molecule has 0 bridgehead atoms. The second-order valence-electron chi connectivity index (χ2n) is 4.60. The summed E-state index contributed by atoms with van der Waals surface area (Å²) in [5.41, 5.74) is 9.46. The van der Waals surface area contributed by atoms with E-state index in [9.17, 15) is 4.79 Å². The maximum absolute atomic E-state index is 12.1. The molecule has 0 atom stereocenters. The molecule has 0 fully saturated rings. The average Bonchev–Trinajstić information content (AvgIpc) is 2.84. The van der Waals surface area contributed by atoms with Crippen LogP contribution in [0.1, 0.15) is 32.6 Å². The fourth-order valence-corrected chi connectivity index (χ4v) is 2.66. The number of benzene rings is 1. The van der Waals surface area contributed by atoms with Gasteiger partial charge in [0.1, 0.15) is 0 Å². The van der Waals surface area contributed by atoms with Crippen LogP contribution >= 0.6 is 11.3 Å². The van der Waals surface area contributed by atoms with E-state index in [-0.39, 0.29) is 5.91 Å². The molecule has 1 aromatic carbocycles. The molecule has 1 heterocycles. The maximum atomic E-state index is 12.1. The van der Waals surface area contributed by atoms with Crippen LogP contribution in [0, 0.1) is 13.8 Å². The number of hydrogen-bond acceptors (Lipinski definition) is 3. The molecule has 0 aliphatic carbocycles. The SMILES string of the molecule is CCc1ccc(C(=O)Nc2cc(C)c(C)cc2N)s1. The Hall–Kier alpha value is -1.81. The number of rotatable bonds is 3. The van der Waals surface area contributed by atoms with Crippen LogP contribution in [0.4, 0.5) is 11.4 Å². The lowest BCUT2D eigenvalue weighted by molar-refractivity contribution is 0.103. The average molecular weight is 274 g/mol. The van der Waals surface area contributed by atoms with Crippen LogP contribution in [-0.2, 0) is 6.42 Å². The lowest BCUT2D eigenvalue weighted by Gasteiger charge is -2.10. The van der Waals surface area contributed by atoms with Crippen molar-refractivity contribution in [1.82, 2.24) is 0 Å². The maximum Gasteiger partial charge on any atom is 0.265 e. The molecule has 0 aliphatic heterocycles. The summed E-state index contributed by atoms with van der Waals surface area (Å²) in [6, 6.07) is 7.65. The summed E-state index contributed by atoms with van der Waals surface area (Å²) in [4.78, 5) is 14.1. The van der Waals surface area contributed by atoms with Crippen LogP contribution in [0.15, 0.2) is 24.3 Å². The summed E-state index contributed by atoms with van der Waals surface area (Å²) in [5, 5.41) is 2.88. The highest BCUT2D eigenvalue weighted by Crippen LogP contribution is 2.25. The van der Waals surface area contributed by atoms with Gasteiger partial charge in [-0.25, -0.2) is 0 Å². The predicted octanol–water partition coefficient (Wildman–Crippen LogP) is 3.76. The van der Waals surface area contributed by atoms with Crippen molar-refractivity contribution in [3.63, 3.8) is 0 Å². The van der Waals surface area contributed by atoms with Crippen LogP contribution in [0.25, 0.3) is 0 Å². The van der Waals surface area contributed by atoms with Crippen LogP contribution in [0.2, 0.25) is 0 Å². The molecule has 0 unspecified atom stereocenters. The summed E-state index contributed by atoms with van der Waals surface area (Å²) in [6.07, 6.45) is 0.948. The highest BCUT2D eigenvalue weighted by atomic mass is 32.1. The van der Waals surface area contributed by atoms with Gasteiger partial charge in [0.15, 0.2) is 0 Å². The Morgan fingerprint density at radius 2 is 1.95 bits per heavy atom. The van der Waals surface area contributed by atoms with Crippen molar-refractivity contribution < 1.29 is 4.79 Å². The van der Waals surface area contributed by atoms with Gasteiger partial charge in [-0.2, -0.15) is 0 Å². The molecule has 0 radical (unpaired) electrons. The molecule has 2 aromatic rings. The summed E-state index contributed by atoms with van der Waals surface area (Å²) < 4.78 is 0. The van der Waals surface area contributed by atoms with Gasteiger partial charge >= 0.3 is 0 Å². The van der Waals surface area contributed by atoms with Crippen molar-refractivity contribution in [2.45, 2.75) is 27.2 Å². The van der Waals surface area contributed by atoms with Gasteiger partial charge in [-0.1, -0.05) is 6.92 Å². The molecule has 1 aromatic heterocycles. The highest BCUT2D eigenvalue weighted by molar-refractivity contribution is 7.14. The summed E-state index contributed by atoms with van der Waals surface area (Å²) in [7, 11) is 0. The Labute approximate surface area is 117 Å². The minimum atomic E-state index is -0.0975. The molecular formula is C15H18N2OS. The summed E-state index contributed by atoms with van der Waals surface area (Å²) in [5.74, 6) is -0.0975. The first-order valence-electron chi connectivity index (χ1n) is 6.28. The number of nitrogens with two attached hydrogens (primary N) is 1. The fraction of sp³-hybridized carbons (Fsp3) is 0.267. The van der Waals surface area contributed by atoms with Crippen LogP contribution in [0.3, 0.4) is 0 Å². The van der Waals surface area contributed by atoms with E-state index in [1.807, 2.05) is 38.1 Å². The lowest BCUT2D eigenvalue weighted by atomic mass is 10.1. The molecule has 4 heteroatoms. The second-order valence-corrected chi connectivity index (χ2v) is 5.77. The van der Waals surface area contributed by atoms with Gasteiger partial charge in [0, 0.05) is 4.88 Å². The number of aryl methyl sites for hydroxylation is 3. The number of nitrogens with one attached hydrogen (secondary N) is 1. The number of carbonyl (C=O) groups is 1. The normalized spacial score (nSPS) is 10.5. The first-order valence-corrected chi connectivity index (χ1v) is 7.09. The van der Waals surface area contributed by atoms with E-state index < -0.39 is 0 Å². The quantitative estimate of drug-likeness (QED) is 0.837. The number of amides is 1. The van der Waals surface area contributed by atoms with E-state index in [1.54, 1.807) is 0 Å². The molecule has 0 spiro atoms. The molecular weight excluding hydrogens is 256 g/mol. The van der Waals surface area contributed by atoms with Crippen molar-refractivity contribution in [2.24, 2.45) is 0 Å². The van der Waals surface area contributed by atoms with Crippen molar-refractivity contribution in [3.05, 3.63) is 45.1 Å². The lowest BCUT2D eigenvalue weighted by Crippen LogP contribution is -2.12. The fourth-order valence-electron chi connectivity index (χ4n) is 1.82. The molecule has 3 N–H and O–H groups in total. The smallest absolute Gasteiger partial charge is 0.265 e. The van der Waals surface area contributed by atoms with Gasteiger partial charge < -0.3 is 11.1 Å². The zero-order chi connectivity index (χ0) is 14.0. The minimum absolute atomic E-state index is 0.0975. The predicted molar refractivity (Wildman–Crippen MR) is 82.0 cm³/mol. The van der Waals surface area contributed by atoms with Gasteiger partial charge in [0.25, 0.3) is 5.91 Å². The van der Waals surface area contributed by atoms with Gasteiger partial charge in [0.05, 0.1) is 16.3 Å². The molecule has 3 nitrogen and oxygen atoms in total. The Morgan fingerprint density at radius 1 is 1.26 bits per heavy atom. The van der Waals surface area contributed by atoms with Gasteiger partial charge in [-0.05, 0) is 55.7 Å². The van der Waals surface area contributed by atoms with Gasteiger partial charge in [0.2, 0.25) is 0 Å². The molecule has 1 amide bonds. The van der Waals surface area contributed by atoms with E-state index >= 15 is 0 Å². The summed E-state index contributed by atoms with van der Waals surface area (Å²) in [6.45, 7) is 6.09. The van der Waals surface area contributed by atoms with Crippen LogP contribution in [-0.4, -0.2) is 5.91 Å². The zero-order valence-electron chi connectivity index (χ0n) is 11.4. The number of hydrogen-bond donors (Lipinski definition) is 2.